The molecule has 8 heteroatoms. The minimum Gasteiger partial charge on any atom is -0.507 e. The van der Waals surface area contributed by atoms with Crippen LogP contribution in [-0.2, 0) is 6.18 Å². The predicted molar refractivity (Wildman–Crippen MR) is 73.1 cm³/mol. The molecule has 0 radical (unpaired) electrons. The van der Waals surface area contributed by atoms with Crippen molar-refractivity contribution >= 4 is 16.9 Å². The van der Waals surface area contributed by atoms with Crippen molar-refractivity contribution in [2.75, 3.05) is 0 Å². The van der Waals surface area contributed by atoms with E-state index < -0.39 is 23.6 Å². The van der Waals surface area contributed by atoms with Crippen LogP contribution >= 0.6 is 0 Å². The number of carboxylic acids is 1. The summed E-state index contributed by atoms with van der Waals surface area (Å²) in [6.07, 6.45) is -4.65. The van der Waals surface area contributed by atoms with Gasteiger partial charge in [-0.15, -0.1) is 0 Å². The van der Waals surface area contributed by atoms with Crippen molar-refractivity contribution in [1.82, 2.24) is 5.16 Å². The van der Waals surface area contributed by atoms with E-state index in [2.05, 4.69) is 5.16 Å². The fourth-order valence-corrected chi connectivity index (χ4v) is 2.27. The zero-order valence-electron chi connectivity index (χ0n) is 11.3. The maximum atomic E-state index is 12.9. The van der Waals surface area contributed by atoms with Gasteiger partial charge in [-0.3, -0.25) is 0 Å². The normalized spacial score (nSPS) is 11.8. The number of fused-ring (bicyclic) bond motifs is 1. The van der Waals surface area contributed by atoms with Gasteiger partial charge in [0.1, 0.15) is 11.3 Å². The number of carbonyl (C=O) groups is 1. The molecule has 3 rings (SSSR count). The SMILES string of the molecule is O=C(O)c1ccc(-c2cccc3c(C(F)(F)F)noc23)cc1O. The summed E-state index contributed by atoms with van der Waals surface area (Å²) in [7, 11) is 0. The average molecular weight is 323 g/mol. The van der Waals surface area contributed by atoms with Crippen molar-refractivity contribution in [3.8, 4) is 16.9 Å². The Hall–Kier alpha value is -3.03. The van der Waals surface area contributed by atoms with Crippen LogP contribution in [0.1, 0.15) is 16.1 Å². The largest absolute Gasteiger partial charge is 0.507 e. The number of rotatable bonds is 2. The molecule has 0 aliphatic carbocycles. The molecule has 0 bridgehead atoms. The van der Waals surface area contributed by atoms with E-state index in [1.54, 1.807) is 0 Å². The minimum absolute atomic E-state index is 0.0951. The van der Waals surface area contributed by atoms with Crippen LogP contribution in [0.25, 0.3) is 22.1 Å². The van der Waals surface area contributed by atoms with Crippen LogP contribution in [0.4, 0.5) is 13.2 Å². The summed E-state index contributed by atoms with van der Waals surface area (Å²) < 4.78 is 43.4. The third kappa shape index (κ3) is 2.48. The Kier molecular flexibility index (Phi) is 3.24. The molecule has 1 aromatic heterocycles. The summed E-state index contributed by atoms with van der Waals surface area (Å²) in [5.74, 6) is -1.81. The highest BCUT2D eigenvalue weighted by Gasteiger charge is 2.37. The van der Waals surface area contributed by atoms with Gasteiger partial charge in [0.2, 0.25) is 0 Å². The Labute approximate surface area is 126 Å². The minimum atomic E-state index is -4.65. The predicted octanol–water partition coefficient (Wildman–Crippen LogP) is 3.92. The number of aromatic carboxylic acids is 1. The number of nitrogens with zero attached hydrogens (tertiary/aromatic N) is 1. The molecule has 5 nitrogen and oxygen atoms in total. The van der Waals surface area contributed by atoms with E-state index in [-0.39, 0.29) is 22.1 Å². The summed E-state index contributed by atoms with van der Waals surface area (Å²) in [6, 6.07) is 7.79. The molecule has 0 saturated carbocycles. The number of hydrogen-bond acceptors (Lipinski definition) is 4. The first-order valence-electron chi connectivity index (χ1n) is 6.31. The first kappa shape index (κ1) is 14.9. The van der Waals surface area contributed by atoms with Gasteiger partial charge < -0.3 is 14.7 Å². The van der Waals surface area contributed by atoms with E-state index in [1.807, 2.05) is 0 Å². The average Bonchev–Trinajstić information content (AvgIpc) is 2.90. The second-order valence-electron chi connectivity index (χ2n) is 4.75. The standard InChI is InChI=1S/C15H8F3NO4/c16-15(17,18)13-10-3-1-2-8(12(10)23-19-13)7-4-5-9(14(21)22)11(20)6-7/h1-6,20H,(H,21,22). The van der Waals surface area contributed by atoms with Crippen LogP contribution in [-0.4, -0.2) is 21.3 Å². The van der Waals surface area contributed by atoms with E-state index in [4.69, 9.17) is 9.63 Å². The number of carboxylic acid groups (broad SMARTS) is 1. The molecule has 2 aromatic carbocycles. The molecule has 3 aromatic rings. The van der Waals surface area contributed by atoms with Gasteiger partial charge in [-0.25, -0.2) is 4.79 Å². The molecule has 23 heavy (non-hydrogen) atoms. The van der Waals surface area contributed by atoms with Gasteiger partial charge >= 0.3 is 12.1 Å². The Morgan fingerprint density at radius 3 is 2.52 bits per heavy atom. The van der Waals surface area contributed by atoms with E-state index in [9.17, 15) is 23.1 Å². The molecule has 0 aliphatic heterocycles. The Bertz CT molecular complexity index is 915. The summed E-state index contributed by atoms with van der Waals surface area (Å²) >= 11 is 0. The molecule has 118 valence electrons. The zero-order chi connectivity index (χ0) is 16.8. The van der Waals surface area contributed by atoms with E-state index in [0.717, 1.165) is 12.1 Å². The number of aromatic hydroxyl groups is 1. The van der Waals surface area contributed by atoms with Crippen molar-refractivity contribution in [3.63, 3.8) is 0 Å². The Morgan fingerprint density at radius 2 is 1.91 bits per heavy atom. The number of halogens is 3. The number of aromatic nitrogens is 1. The number of benzene rings is 2. The molecular weight excluding hydrogens is 315 g/mol. The lowest BCUT2D eigenvalue weighted by molar-refractivity contribution is -0.141. The third-order valence-electron chi connectivity index (χ3n) is 3.31. The summed E-state index contributed by atoms with van der Waals surface area (Å²) in [6.45, 7) is 0. The van der Waals surface area contributed by atoms with Gasteiger partial charge in [0, 0.05) is 5.56 Å². The van der Waals surface area contributed by atoms with E-state index >= 15 is 0 Å². The zero-order valence-corrected chi connectivity index (χ0v) is 11.3. The topological polar surface area (TPSA) is 83.6 Å². The third-order valence-corrected chi connectivity index (χ3v) is 3.31. The highest BCUT2D eigenvalue weighted by molar-refractivity contribution is 5.96. The van der Waals surface area contributed by atoms with Crippen LogP contribution in [0.3, 0.4) is 0 Å². The highest BCUT2D eigenvalue weighted by Crippen LogP contribution is 2.38. The lowest BCUT2D eigenvalue weighted by Gasteiger charge is -2.05. The quantitative estimate of drug-likeness (QED) is 0.747. The molecular formula is C15H8F3NO4. The van der Waals surface area contributed by atoms with Gasteiger partial charge in [-0.1, -0.05) is 23.4 Å². The van der Waals surface area contributed by atoms with E-state index in [0.29, 0.717) is 5.56 Å². The molecule has 0 fully saturated rings. The van der Waals surface area contributed by atoms with Crippen LogP contribution in [0.5, 0.6) is 5.75 Å². The molecule has 1 heterocycles. The maximum Gasteiger partial charge on any atom is 0.437 e. The fourth-order valence-electron chi connectivity index (χ4n) is 2.27. The second kappa shape index (κ2) is 5.01. The van der Waals surface area contributed by atoms with Gasteiger partial charge in [-0.05, 0) is 23.8 Å². The molecule has 0 amide bonds. The van der Waals surface area contributed by atoms with Crippen molar-refractivity contribution < 1.29 is 32.7 Å². The molecule has 0 saturated heterocycles. The molecule has 2 N–H and O–H groups in total. The Balaban J connectivity index is 2.20. The number of para-hydroxylation sites is 1. The highest BCUT2D eigenvalue weighted by atomic mass is 19.4. The molecule has 0 aliphatic rings. The lowest BCUT2D eigenvalue weighted by Crippen LogP contribution is -2.05. The van der Waals surface area contributed by atoms with Crippen molar-refractivity contribution in [2.24, 2.45) is 0 Å². The maximum absolute atomic E-state index is 12.9. The first-order valence-corrected chi connectivity index (χ1v) is 6.31. The fraction of sp³-hybridized carbons (Fsp3) is 0.0667. The van der Waals surface area contributed by atoms with Gasteiger partial charge in [0.25, 0.3) is 0 Å². The van der Waals surface area contributed by atoms with E-state index in [1.165, 1.54) is 24.3 Å². The van der Waals surface area contributed by atoms with Gasteiger partial charge in [-0.2, -0.15) is 13.2 Å². The summed E-state index contributed by atoms with van der Waals surface area (Å²) in [5, 5.41) is 21.5. The molecule has 0 unspecified atom stereocenters. The van der Waals surface area contributed by atoms with Crippen LogP contribution in [0.15, 0.2) is 40.9 Å². The van der Waals surface area contributed by atoms with Crippen molar-refractivity contribution in [3.05, 3.63) is 47.7 Å². The first-order chi connectivity index (χ1) is 10.8. The van der Waals surface area contributed by atoms with Gasteiger partial charge in [0.15, 0.2) is 11.3 Å². The number of hydrogen-bond donors (Lipinski definition) is 2. The molecule has 0 spiro atoms. The van der Waals surface area contributed by atoms with Crippen LogP contribution in [0.2, 0.25) is 0 Å². The van der Waals surface area contributed by atoms with Gasteiger partial charge in [0.05, 0.1) is 5.39 Å². The summed E-state index contributed by atoms with van der Waals surface area (Å²) in [4.78, 5) is 10.9. The lowest BCUT2D eigenvalue weighted by atomic mass is 10.0. The van der Waals surface area contributed by atoms with Crippen molar-refractivity contribution in [1.29, 1.82) is 0 Å². The monoisotopic (exact) mass is 323 g/mol. The van der Waals surface area contributed by atoms with Crippen LogP contribution < -0.4 is 0 Å². The Morgan fingerprint density at radius 1 is 1.17 bits per heavy atom. The summed E-state index contributed by atoms with van der Waals surface area (Å²) in [5.41, 5.74) is -0.974. The van der Waals surface area contributed by atoms with Crippen molar-refractivity contribution in [2.45, 2.75) is 6.18 Å². The second-order valence-corrected chi connectivity index (χ2v) is 4.75. The smallest absolute Gasteiger partial charge is 0.437 e. The number of alkyl halides is 3. The molecule has 0 atom stereocenters. The number of phenols is 1. The van der Waals surface area contributed by atoms with Crippen LogP contribution in [0, 0.1) is 0 Å².